The van der Waals surface area contributed by atoms with Crippen LogP contribution in [0, 0.1) is 5.92 Å². The first-order chi connectivity index (χ1) is 17.2. The van der Waals surface area contributed by atoms with Crippen LogP contribution in [0.2, 0.25) is 0 Å². The fourth-order valence-corrected chi connectivity index (χ4v) is 5.22. The lowest BCUT2D eigenvalue weighted by Gasteiger charge is -2.07. The maximum absolute atomic E-state index is 12.2. The maximum Gasteiger partial charge on any atom is 0.227 e. The van der Waals surface area contributed by atoms with Gasteiger partial charge in [-0.1, -0.05) is 18.2 Å². The molecule has 7 nitrogen and oxygen atoms in total. The molecule has 0 saturated heterocycles. The van der Waals surface area contributed by atoms with Gasteiger partial charge in [-0.2, -0.15) is 5.10 Å². The van der Waals surface area contributed by atoms with Crippen molar-refractivity contribution in [3.63, 3.8) is 0 Å². The Balaban J connectivity index is 1.29. The summed E-state index contributed by atoms with van der Waals surface area (Å²) in [7, 11) is 0. The highest BCUT2D eigenvalue weighted by Crippen LogP contribution is 2.36. The second kappa shape index (κ2) is 7.89. The number of H-pyrrole nitrogens is 2. The Kier molecular flexibility index (Phi) is 4.53. The molecule has 5 heterocycles. The predicted molar refractivity (Wildman–Crippen MR) is 139 cm³/mol. The topological polar surface area (TPSA) is 99.3 Å². The minimum atomic E-state index is 0.0652. The van der Waals surface area contributed by atoms with Gasteiger partial charge in [-0.3, -0.25) is 14.9 Å². The molecule has 6 aromatic rings. The van der Waals surface area contributed by atoms with Crippen molar-refractivity contribution in [2.45, 2.75) is 12.8 Å². The largest absolute Gasteiger partial charge is 0.353 e. The summed E-state index contributed by atoms with van der Waals surface area (Å²) in [5, 5.41) is 14.7. The maximum atomic E-state index is 12.2. The van der Waals surface area contributed by atoms with Crippen LogP contribution in [0.1, 0.15) is 12.8 Å². The van der Waals surface area contributed by atoms with Gasteiger partial charge in [0.1, 0.15) is 0 Å². The molecule has 170 valence electrons. The smallest absolute Gasteiger partial charge is 0.227 e. The number of nitrogens with one attached hydrogen (secondary N) is 3. The summed E-state index contributed by atoms with van der Waals surface area (Å²) in [6.07, 6.45) is 7.17. The average molecular weight is 477 g/mol. The number of carbonyl (C=O) groups is 1. The summed E-state index contributed by atoms with van der Waals surface area (Å²) in [6, 6.07) is 16.7. The minimum Gasteiger partial charge on any atom is -0.353 e. The zero-order chi connectivity index (χ0) is 23.4. The van der Waals surface area contributed by atoms with Crippen LogP contribution in [0.3, 0.4) is 0 Å². The molecule has 35 heavy (non-hydrogen) atoms. The van der Waals surface area contributed by atoms with Crippen LogP contribution in [-0.2, 0) is 4.79 Å². The molecule has 0 atom stereocenters. The van der Waals surface area contributed by atoms with Gasteiger partial charge in [0.25, 0.3) is 0 Å². The third-order valence-corrected chi connectivity index (χ3v) is 7.32. The SMILES string of the molecule is O=C(Nc1cncc(-c2cnc3n[nH]c(-c4cc5c(-c6cccs6)cccc5[nH]4)c3c2)c1)C1CC1. The molecule has 0 radical (unpaired) electrons. The van der Waals surface area contributed by atoms with Crippen molar-refractivity contribution < 1.29 is 4.79 Å². The van der Waals surface area contributed by atoms with Gasteiger partial charge < -0.3 is 10.3 Å². The number of thiophene rings is 1. The van der Waals surface area contributed by atoms with Crippen LogP contribution in [0.25, 0.3) is 54.9 Å². The number of benzene rings is 1. The lowest BCUT2D eigenvalue weighted by Crippen LogP contribution is -2.13. The van der Waals surface area contributed by atoms with E-state index in [4.69, 9.17) is 0 Å². The average Bonchev–Trinajstić information content (AvgIpc) is 3.26. The zero-order valence-corrected chi connectivity index (χ0v) is 19.4. The van der Waals surface area contributed by atoms with Gasteiger partial charge in [-0.15, -0.1) is 11.3 Å². The van der Waals surface area contributed by atoms with Crippen LogP contribution >= 0.6 is 11.3 Å². The lowest BCUT2D eigenvalue weighted by atomic mass is 10.1. The highest BCUT2D eigenvalue weighted by atomic mass is 32.1. The Bertz CT molecular complexity index is 1710. The fourth-order valence-electron chi connectivity index (χ4n) is 4.46. The van der Waals surface area contributed by atoms with Crippen molar-refractivity contribution in [2.24, 2.45) is 5.92 Å². The van der Waals surface area contributed by atoms with Crippen LogP contribution in [0.4, 0.5) is 5.69 Å². The van der Waals surface area contributed by atoms with E-state index in [1.807, 2.05) is 6.07 Å². The number of hydrogen-bond acceptors (Lipinski definition) is 5. The van der Waals surface area contributed by atoms with E-state index < -0.39 is 0 Å². The fraction of sp³-hybridized carbons (Fsp3) is 0.111. The van der Waals surface area contributed by atoms with Gasteiger partial charge in [0, 0.05) is 56.2 Å². The summed E-state index contributed by atoms with van der Waals surface area (Å²) in [5.41, 5.74) is 7.25. The molecular formula is C27H20N6OS. The molecule has 7 rings (SSSR count). The first-order valence-corrected chi connectivity index (χ1v) is 12.4. The molecule has 0 bridgehead atoms. The summed E-state index contributed by atoms with van der Waals surface area (Å²) in [5.74, 6) is 0.206. The second-order valence-electron chi connectivity index (χ2n) is 8.85. The van der Waals surface area contributed by atoms with Gasteiger partial charge in [-0.05, 0) is 48.6 Å². The van der Waals surface area contributed by atoms with Gasteiger partial charge in [0.15, 0.2) is 5.65 Å². The van der Waals surface area contributed by atoms with Gasteiger partial charge >= 0.3 is 0 Å². The number of nitrogens with zero attached hydrogens (tertiary/aromatic N) is 3. The van der Waals surface area contributed by atoms with Crippen molar-refractivity contribution in [2.75, 3.05) is 5.32 Å². The van der Waals surface area contributed by atoms with Crippen LogP contribution in [0.5, 0.6) is 0 Å². The van der Waals surface area contributed by atoms with E-state index in [1.165, 1.54) is 15.8 Å². The van der Waals surface area contributed by atoms with E-state index in [2.05, 4.69) is 78.3 Å². The molecule has 0 aliphatic heterocycles. The van der Waals surface area contributed by atoms with Crippen molar-refractivity contribution >= 4 is 44.9 Å². The van der Waals surface area contributed by atoms with Crippen molar-refractivity contribution in [1.29, 1.82) is 0 Å². The van der Waals surface area contributed by atoms with Crippen LogP contribution in [0.15, 0.2) is 72.5 Å². The highest BCUT2D eigenvalue weighted by molar-refractivity contribution is 7.13. The van der Waals surface area contributed by atoms with E-state index >= 15 is 0 Å². The van der Waals surface area contributed by atoms with Crippen molar-refractivity contribution in [3.8, 4) is 33.0 Å². The zero-order valence-electron chi connectivity index (χ0n) is 18.6. The third kappa shape index (κ3) is 3.59. The van der Waals surface area contributed by atoms with E-state index in [0.29, 0.717) is 11.3 Å². The number of amides is 1. The number of aromatic amines is 2. The van der Waals surface area contributed by atoms with E-state index in [0.717, 1.165) is 46.3 Å². The normalized spacial score (nSPS) is 13.5. The van der Waals surface area contributed by atoms with Crippen molar-refractivity contribution in [3.05, 3.63) is 72.5 Å². The highest BCUT2D eigenvalue weighted by Gasteiger charge is 2.29. The molecule has 5 aromatic heterocycles. The summed E-state index contributed by atoms with van der Waals surface area (Å²) < 4.78 is 0. The Morgan fingerprint density at radius 3 is 2.77 bits per heavy atom. The quantitative estimate of drug-likeness (QED) is 0.274. The summed E-state index contributed by atoms with van der Waals surface area (Å²) in [4.78, 5) is 25.9. The Hall–Kier alpha value is -4.30. The Labute approximate surface area is 204 Å². The standard InChI is InChI=1S/C27H20N6OS/c34-27(15-6-7-15)30-18-9-16(12-28-14-18)17-10-21-25(32-33-26(21)29-13-17)23-11-20-19(24-5-2-8-35-24)3-1-4-22(20)31-23/h1-5,8-15,31H,6-7H2,(H,30,34)(H,29,32,33). The molecule has 8 heteroatoms. The Morgan fingerprint density at radius 2 is 1.91 bits per heavy atom. The number of hydrogen-bond donors (Lipinski definition) is 3. The first kappa shape index (κ1) is 20.1. The Morgan fingerprint density at radius 1 is 1.00 bits per heavy atom. The number of fused-ring (bicyclic) bond motifs is 2. The second-order valence-corrected chi connectivity index (χ2v) is 9.79. The molecule has 1 amide bonds. The number of anilines is 1. The molecule has 1 aliphatic rings. The predicted octanol–water partition coefficient (Wildman–Crippen LogP) is 6.25. The van der Waals surface area contributed by atoms with Crippen LogP contribution in [-0.4, -0.2) is 31.1 Å². The number of aromatic nitrogens is 5. The molecule has 1 fully saturated rings. The van der Waals surface area contributed by atoms with Crippen molar-refractivity contribution in [1.82, 2.24) is 25.1 Å². The van der Waals surface area contributed by atoms with Crippen LogP contribution < -0.4 is 5.32 Å². The monoisotopic (exact) mass is 476 g/mol. The van der Waals surface area contributed by atoms with E-state index in [-0.39, 0.29) is 11.8 Å². The summed E-state index contributed by atoms with van der Waals surface area (Å²) in [6.45, 7) is 0. The van der Waals surface area contributed by atoms with Gasteiger partial charge in [0.05, 0.1) is 23.3 Å². The molecule has 1 aliphatic carbocycles. The number of rotatable bonds is 5. The molecular weight excluding hydrogens is 456 g/mol. The molecule has 1 aromatic carbocycles. The lowest BCUT2D eigenvalue weighted by molar-refractivity contribution is -0.117. The van der Waals surface area contributed by atoms with Gasteiger partial charge in [0.2, 0.25) is 5.91 Å². The molecule has 1 saturated carbocycles. The molecule has 0 unspecified atom stereocenters. The van der Waals surface area contributed by atoms with Gasteiger partial charge in [-0.25, -0.2) is 4.98 Å². The van der Waals surface area contributed by atoms with E-state index in [9.17, 15) is 4.79 Å². The minimum absolute atomic E-state index is 0.0652. The summed E-state index contributed by atoms with van der Waals surface area (Å²) >= 11 is 1.73. The number of carbonyl (C=O) groups excluding carboxylic acids is 1. The number of pyridine rings is 2. The first-order valence-electron chi connectivity index (χ1n) is 11.5. The van der Waals surface area contributed by atoms with E-state index in [1.54, 1.807) is 29.9 Å². The molecule has 0 spiro atoms. The third-order valence-electron chi connectivity index (χ3n) is 6.42. The molecule has 3 N–H and O–H groups in total.